The molecule has 0 amide bonds. The average molecular weight is 294 g/mol. The van der Waals surface area contributed by atoms with Gasteiger partial charge in [0.15, 0.2) is 0 Å². The van der Waals surface area contributed by atoms with Crippen LogP contribution in [0.4, 0.5) is 0 Å². The molecule has 0 saturated heterocycles. The number of rotatable bonds is 5. The zero-order valence-corrected chi connectivity index (χ0v) is 12.5. The quantitative estimate of drug-likeness (QED) is 0.904. The van der Waals surface area contributed by atoms with Crippen LogP contribution in [0.5, 0.6) is 0 Å². The van der Waals surface area contributed by atoms with Crippen molar-refractivity contribution >= 4 is 10.2 Å². The van der Waals surface area contributed by atoms with Crippen LogP contribution in [-0.2, 0) is 10.2 Å². The Hall–Kier alpha value is -1.70. The lowest BCUT2D eigenvalue weighted by Crippen LogP contribution is -2.37. The van der Waals surface area contributed by atoms with Gasteiger partial charge in [-0.1, -0.05) is 12.1 Å². The third-order valence-corrected chi connectivity index (χ3v) is 4.56. The van der Waals surface area contributed by atoms with Gasteiger partial charge in [-0.25, -0.2) is 4.68 Å². The molecule has 20 heavy (non-hydrogen) atoms. The average Bonchev–Trinajstić information content (AvgIpc) is 2.92. The van der Waals surface area contributed by atoms with Gasteiger partial charge in [-0.05, 0) is 30.7 Å². The zero-order valence-electron chi connectivity index (χ0n) is 11.7. The largest absolute Gasteiger partial charge is 0.279 e. The highest BCUT2D eigenvalue weighted by Crippen LogP contribution is 2.17. The van der Waals surface area contributed by atoms with Crippen molar-refractivity contribution in [2.45, 2.75) is 13.0 Å². The Kier molecular flexibility index (Phi) is 4.22. The molecule has 0 fully saturated rings. The highest BCUT2D eigenvalue weighted by atomic mass is 32.2. The standard InChI is InChI=1S/C13H18N4O2S/c1-11(15-20(18,19)16(2)3)12-6-4-7-13(10-12)17-9-5-8-14-17/h4-11,15H,1-3H3/t11-/m1/s1. The molecule has 1 aromatic heterocycles. The van der Waals surface area contributed by atoms with Crippen molar-refractivity contribution in [3.8, 4) is 5.69 Å². The maximum atomic E-state index is 11.8. The molecule has 108 valence electrons. The smallest absolute Gasteiger partial charge is 0.241 e. The van der Waals surface area contributed by atoms with E-state index in [4.69, 9.17) is 0 Å². The van der Waals surface area contributed by atoms with E-state index in [1.165, 1.54) is 14.1 Å². The van der Waals surface area contributed by atoms with E-state index in [-0.39, 0.29) is 6.04 Å². The number of nitrogens with one attached hydrogen (secondary N) is 1. The van der Waals surface area contributed by atoms with Gasteiger partial charge >= 0.3 is 0 Å². The summed E-state index contributed by atoms with van der Waals surface area (Å²) in [4.78, 5) is 0. The van der Waals surface area contributed by atoms with Gasteiger partial charge in [0.1, 0.15) is 0 Å². The number of hydrogen-bond acceptors (Lipinski definition) is 3. The fourth-order valence-electron chi connectivity index (χ4n) is 1.76. The molecule has 0 aliphatic heterocycles. The van der Waals surface area contributed by atoms with Crippen molar-refractivity contribution in [3.05, 3.63) is 48.3 Å². The predicted molar refractivity (Wildman–Crippen MR) is 77.7 cm³/mol. The van der Waals surface area contributed by atoms with E-state index in [2.05, 4.69) is 9.82 Å². The molecule has 0 spiro atoms. The van der Waals surface area contributed by atoms with E-state index in [9.17, 15) is 8.42 Å². The molecule has 0 unspecified atom stereocenters. The zero-order chi connectivity index (χ0) is 14.8. The van der Waals surface area contributed by atoms with Crippen LogP contribution in [0.15, 0.2) is 42.7 Å². The van der Waals surface area contributed by atoms with Gasteiger partial charge in [0.2, 0.25) is 0 Å². The highest BCUT2D eigenvalue weighted by molar-refractivity contribution is 7.87. The van der Waals surface area contributed by atoms with Gasteiger partial charge in [0.05, 0.1) is 5.69 Å². The molecule has 1 heterocycles. The topological polar surface area (TPSA) is 67.2 Å². The molecule has 2 rings (SSSR count). The van der Waals surface area contributed by atoms with Crippen molar-refractivity contribution in [3.63, 3.8) is 0 Å². The molecule has 6 nitrogen and oxygen atoms in total. The summed E-state index contributed by atoms with van der Waals surface area (Å²) in [5, 5.41) is 4.16. The second-order valence-electron chi connectivity index (χ2n) is 4.67. The molecule has 1 N–H and O–H groups in total. The first-order valence-corrected chi connectivity index (χ1v) is 7.64. The maximum Gasteiger partial charge on any atom is 0.279 e. The normalized spacial score (nSPS) is 13.6. The van der Waals surface area contributed by atoms with Gasteiger partial charge < -0.3 is 0 Å². The van der Waals surface area contributed by atoms with E-state index in [0.29, 0.717) is 0 Å². The maximum absolute atomic E-state index is 11.8. The van der Waals surface area contributed by atoms with Crippen LogP contribution in [0, 0.1) is 0 Å². The third-order valence-electron chi connectivity index (χ3n) is 2.95. The summed E-state index contributed by atoms with van der Waals surface area (Å²) in [6, 6.07) is 9.12. The Labute approximate surface area is 119 Å². The fraction of sp³-hybridized carbons (Fsp3) is 0.308. The van der Waals surface area contributed by atoms with Crippen LogP contribution in [0.3, 0.4) is 0 Å². The molecule has 0 radical (unpaired) electrons. The second-order valence-corrected chi connectivity index (χ2v) is 6.59. The SMILES string of the molecule is C[C@@H](NS(=O)(=O)N(C)C)c1cccc(-n2cccn2)c1. The first-order chi connectivity index (χ1) is 9.40. The Morgan fingerprint density at radius 2 is 2.05 bits per heavy atom. The van der Waals surface area contributed by atoms with Crippen LogP contribution in [-0.4, -0.2) is 36.6 Å². The Morgan fingerprint density at radius 1 is 1.30 bits per heavy atom. The molecule has 0 saturated carbocycles. The first-order valence-electron chi connectivity index (χ1n) is 6.20. The molecule has 0 aliphatic rings. The van der Waals surface area contributed by atoms with Crippen LogP contribution < -0.4 is 4.72 Å². The second kappa shape index (κ2) is 5.74. The van der Waals surface area contributed by atoms with Crippen LogP contribution in [0.25, 0.3) is 5.69 Å². The molecular weight excluding hydrogens is 276 g/mol. The Morgan fingerprint density at radius 3 is 2.65 bits per heavy atom. The molecule has 1 atom stereocenters. The minimum Gasteiger partial charge on any atom is -0.241 e. The lowest BCUT2D eigenvalue weighted by atomic mass is 10.1. The Balaban J connectivity index is 2.23. The summed E-state index contributed by atoms with van der Waals surface area (Å²) in [6.07, 6.45) is 3.54. The van der Waals surface area contributed by atoms with Gasteiger partial charge in [-0.15, -0.1) is 0 Å². The van der Waals surface area contributed by atoms with E-state index < -0.39 is 10.2 Å². The molecule has 0 bridgehead atoms. The van der Waals surface area contributed by atoms with Gasteiger partial charge in [-0.2, -0.15) is 22.5 Å². The lowest BCUT2D eigenvalue weighted by molar-refractivity contribution is 0.494. The minimum absolute atomic E-state index is 0.321. The third kappa shape index (κ3) is 3.24. The molecule has 7 heteroatoms. The van der Waals surface area contributed by atoms with Crippen molar-refractivity contribution in [2.75, 3.05) is 14.1 Å². The van der Waals surface area contributed by atoms with Crippen molar-refractivity contribution < 1.29 is 8.42 Å². The summed E-state index contributed by atoms with van der Waals surface area (Å²) in [5.74, 6) is 0. The minimum atomic E-state index is -3.45. The molecule has 1 aromatic carbocycles. The van der Waals surface area contributed by atoms with E-state index >= 15 is 0 Å². The predicted octanol–water partition coefficient (Wildman–Crippen LogP) is 1.33. The summed E-state index contributed by atoms with van der Waals surface area (Å²) < 4.78 is 29.1. The van der Waals surface area contributed by atoms with Crippen LogP contribution >= 0.6 is 0 Å². The van der Waals surface area contributed by atoms with Crippen LogP contribution in [0.1, 0.15) is 18.5 Å². The van der Waals surface area contributed by atoms with Crippen molar-refractivity contribution in [1.29, 1.82) is 0 Å². The van der Waals surface area contributed by atoms with Crippen molar-refractivity contribution in [1.82, 2.24) is 18.8 Å². The fourth-order valence-corrected chi connectivity index (χ4v) is 2.55. The van der Waals surface area contributed by atoms with Gasteiger partial charge in [0, 0.05) is 32.5 Å². The van der Waals surface area contributed by atoms with E-state index in [1.807, 2.05) is 43.5 Å². The number of benzene rings is 1. The lowest BCUT2D eigenvalue weighted by Gasteiger charge is -2.18. The van der Waals surface area contributed by atoms with Crippen molar-refractivity contribution in [2.24, 2.45) is 0 Å². The van der Waals surface area contributed by atoms with E-state index in [0.717, 1.165) is 15.6 Å². The summed E-state index contributed by atoms with van der Waals surface area (Å²) in [5.41, 5.74) is 1.77. The summed E-state index contributed by atoms with van der Waals surface area (Å²) in [7, 11) is -0.461. The van der Waals surface area contributed by atoms with Gasteiger partial charge in [-0.3, -0.25) is 0 Å². The first kappa shape index (κ1) is 14.7. The van der Waals surface area contributed by atoms with Crippen LogP contribution in [0.2, 0.25) is 0 Å². The number of aromatic nitrogens is 2. The molecule has 0 aliphatic carbocycles. The number of nitrogens with zero attached hydrogens (tertiary/aromatic N) is 3. The molecular formula is C13H18N4O2S. The van der Waals surface area contributed by atoms with Gasteiger partial charge in [0.25, 0.3) is 10.2 Å². The highest BCUT2D eigenvalue weighted by Gasteiger charge is 2.18. The van der Waals surface area contributed by atoms with E-state index in [1.54, 1.807) is 10.9 Å². The Bertz CT molecular complexity index is 665. The molecule has 2 aromatic rings. The summed E-state index contributed by atoms with van der Waals surface area (Å²) >= 11 is 0. The monoisotopic (exact) mass is 294 g/mol. The number of hydrogen-bond donors (Lipinski definition) is 1. The summed E-state index contributed by atoms with van der Waals surface area (Å²) in [6.45, 7) is 1.81.